The second-order valence-electron chi connectivity index (χ2n) is 8.55. The van der Waals surface area contributed by atoms with E-state index in [1.165, 1.54) is 7.11 Å². The van der Waals surface area contributed by atoms with Gasteiger partial charge in [0.05, 0.1) is 49.6 Å². The van der Waals surface area contributed by atoms with Crippen LogP contribution < -0.4 is 19.6 Å². The quantitative estimate of drug-likeness (QED) is 0.637. The third-order valence-electron chi connectivity index (χ3n) is 6.14. The highest BCUT2D eigenvalue weighted by molar-refractivity contribution is 5.86. The molecule has 0 radical (unpaired) electrons. The minimum atomic E-state index is -0.499. The van der Waals surface area contributed by atoms with Gasteiger partial charge in [-0.05, 0) is 24.3 Å². The standard InChI is InChI=1S/C26H36N4O5/c1-27-12-13-28(2)23-9-5-7-11-25(23)30(19-26(33)34-3)15-17-35-16-14-29(18-21(32)20-31)24-10-6-4-8-22(24)27/h4-11,31H,12-20H2,1-3H3. The number of aliphatic hydroxyl groups is 1. The van der Waals surface area contributed by atoms with Crippen molar-refractivity contribution in [3.05, 3.63) is 48.5 Å². The van der Waals surface area contributed by atoms with Crippen LogP contribution in [-0.2, 0) is 19.1 Å². The zero-order valence-corrected chi connectivity index (χ0v) is 20.9. The zero-order valence-electron chi connectivity index (χ0n) is 20.9. The Morgan fingerprint density at radius 3 is 1.71 bits per heavy atom. The molecule has 9 heteroatoms. The SMILES string of the molecule is COC(=O)CN1CCOCCN(CC(=O)CO)c2ccccc2N(C)CCN(C)c2ccccc21. The van der Waals surface area contributed by atoms with Gasteiger partial charge in [0.25, 0.3) is 0 Å². The fourth-order valence-electron chi connectivity index (χ4n) is 4.15. The van der Waals surface area contributed by atoms with Gasteiger partial charge >= 0.3 is 5.97 Å². The minimum absolute atomic E-state index is 0.102. The van der Waals surface area contributed by atoms with Crippen molar-refractivity contribution in [2.24, 2.45) is 0 Å². The van der Waals surface area contributed by atoms with Crippen LogP contribution in [0.1, 0.15) is 0 Å². The van der Waals surface area contributed by atoms with Gasteiger partial charge in [0.2, 0.25) is 0 Å². The molecular formula is C26H36N4O5. The Balaban J connectivity index is 1.93. The predicted octanol–water partition coefficient (Wildman–Crippen LogP) is 1.64. The highest BCUT2D eigenvalue weighted by atomic mass is 16.5. The van der Waals surface area contributed by atoms with Crippen LogP contribution in [-0.4, -0.2) is 97.2 Å². The van der Waals surface area contributed by atoms with E-state index in [4.69, 9.17) is 9.47 Å². The number of hydrogen-bond donors (Lipinski definition) is 1. The number of benzene rings is 2. The molecule has 0 aliphatic carbocycles. The summed E-state index contributed by atoms with van der Waals surface area (Å²) in [4.78, 5) is 32.5. The van der Waals surface area contributed by atoms with Crippen molar-refractivity contribution in [3.8, 4) is 0 Å². The first kappa shape index (κ1) is 26.3. The van der Waals surface area contributed by atoms with E-state index in [1.54, 1.807) is 0 Å². The fourth-order valence-corrected chi connectivity index (χ4v) is 4.15. The van der Waals surface area contributed by atoms with E-state index in [1.807, 2.05) is 66.4 Å². The Morgan fingerprint density at radius 1 is 0.800 bits per heavy atom. The van der Waals surface area contributed by atoms with Gasteiger partial charge in [-0.1, -0.05) is 24.3 Å². The molecule has 3 rings (SSSR count). The van der Waals surface area contributed by atoms with E-state index < -0.39 is 6.61 Å². The van der Waals surface area contributed by atoms with Crippen LogP contribution >= 0.6 is 0 Å². The first-order valence-electron chi connectivity index (χ1n) is 11.8. The molecular weight excluding hydrogens is 448 g/mol. The van der Waals surface area contributed by atoms with Gasteiger partial charge in [-0.25, -0.2) is 0 Å². The number of aliphatic hydroxyl groups excluding tert-OH is 1. The molecule has 0 unspecified atom stereocenters. The van der Waals surface area contributed by atoms with Crippen molar-refractivity contribution >= 4 is 34.5 Å². The van der Waals surface area contributed by atoms with Crippen molar-refractivity contribution in [1.82, 2.24) is 0 Å². The number of ketones is 1. The topological polar surface area (TPSA) is 85.8 Å². The smallest absolute Gasteiger partial charge is 0.325 e. The van der Waals surface area contributed by atoms with Crippen molar-refractivity contribution in [2.75, 3.05) is 99.9 Å². The highest BCUT2D eigenvalue weighted by Crippen LogP contribution is 2.31. The van der Waals surface area contributed by atoms with Gasteiger partial charge in [0.1, 0.15) is 13.2 Å². The molecule has 0 fully saturated rings. The monoisotopic (exact) mass is 484 g/mol. The van der Waals surface area contributed by atoms with Gasteiger partial charge in [-0.15, -0.1) is 0 Å². The Kier molecular flexibility index (Phi) is 9.75. The molecule has 9 nitrogen and oxygen atoms in total. The second-order valence-corrected chi connectivity index (χ2v) is 8.55. The minimum Gasteiger partial charge on any atom is -0.468 e. The summed E-state index contributed by atoms with van der Waals surface area (Å²) in [5.41, 5.74) is 3.88. The van der Waals surface area contributed by atoms with Gasteiger partial charge in [-0.2, -0.15) is 0 Å². The largest absolute Gasteiger partial charge is 0.468 e. The predicted molar refractivity (Wildman–Crippen MR) is 139 cm³/mol. The number of esters is 1. The number of rotatable bonds is 5. The molecule has 2 aromatic rings. The maximum atomic E-state index is 12.2. The number of methoxy groups -OCH3 is 1. The number of likely N-dealkylation sites (N-methyl/N-ethyl adjacent to an activating group) is 2. The third-order valence-corrected chi connectivity index (χ3v) is 6.14. The molecule has 1 N–H and O–H groups in total. The van der Waals surface area contributed by atoms with Gasteiger partial charge in [-0.3, -0.25) is 9.59 Å². The van der Waals surface area contributed by atoms with E-state index in [-0.39, 0.29) is 24.8 Å². The lowest BCUT2D eigenvalue weighted by atomic mass is 10.2. The van der Waals surface area contributed by atoms with Crippen LogP contribution in [0.5, 0.6) is 0 Å². The average Bonchev–Trinajstić information content (AvgIpc) is 2.89. The molecule has 0 saturated heterocycles. The van der Waals surface area contributed by atoms with Gasteiger partial charge in [0, 0.05) is 40.3 Å². The lowest BCUT2D eigenvalue weighted by Crippen LogP contribution is -2.36. The number of hydrogen-bond acceptors (Lipinski definition) is 9. The normalized spacial score (nSPS) is 15.5. The van der Waals surface area contributed by atoms with E-state index in [0.29, 0.717) is 26.3 Å². The lowest BCUT2D eigenvalue weighted by molar-refractivity contribution is -0.139. The van der Waals surface area contributed by atoms with Crippen LogP contribution in [0.3, 0.4) is 0 Å². The third kappa shape index (κ3) is 7.10. The first-order valence-corrected chi connectivity index (χ1v) is 11.8. The van der Waals surface area contributed by atoms with Crippen LogP contribution in [0, 0.1) is 0 Å². The van der Waals surface area contributed by atoms with Gasteiger partial charge < -0.3 is 34.2 Å². The molecule has 190 valence electrons. The van der Waals surface area contributed by atoms with Crippen molar-refractivity contribution < 1.29 is 24.2 Å². The molecule has 0 atom stereocenters. The van der Waals surface area contributed by atoms with Crippen molar-refractivity contribution in [3.63, 3.8) is 0 Å². The number of fused-ring (bicyclic) bond motifs is 2. The fraction of sp³-hybridized carbons (Fsp3) is 0.462. The average molecular weight is 485 g/mol. The number of ether oxygens (including phenoxy) is 2. The molecule has 1 aliphatic heterocycles. The molecule has 35 heavy (non-hydrogen) atoms. The number of nitrogens with zero attached hydrogens (tertiary/aromatic N) is 4. The molecule has 1 heterocycles. The molecule has 0 spiro atoms. The molecule has 0 aromatic heterocycles. The Morgan fingerprint density at radius 2 is 1.26 bits per heavy atom. The number of carbonyl (C=O) groups is 2. The lowest BCUT2D eigenvalue weighted by Gasteiger charge is -2.32. The van der Waals surface area contributed by atoms with Gasteiger partial charge in [0.15, 0.2) is 5.78 Å². The summed E-state index contributed by atoms with van der Waals surface area (Å²) in [7, 11) is 5.46. The first-order chi connectivity index (χ1) is 16.9. The summed E-state index contributed by atoms with van der Waals surface area (Å²) in [5.74, 6) is -0.566. The summed E-state index contributed by atoms with van der Waals surface area (Å²) < 4.78 is 10.9. The maximum absolute atomic E-state index is 12.2. The molecule has 1 aliphatic rings. The van der Waals surface area contributed by atoms with Crippen LogP contribution in [0.2, 0.25) is 0 Å². The van der Waals surface area contributed by atoms with E-state index >= 15 is 0 Å². The molecule has 0 saturated carbocycles. The molecule has 0 amide bonds. The van der Waals surface area contributed by atoms with E-state index in [9.17, 15) is 14.7 Å². The van der Waals surface area contributed by atoms with Crippen LogP contribution in [0.15, 0.2) is 48.5 Å². The van der Waals surface area contributed by atoms with Crippen LogP contribution in [0.25, 0.3) is 0 Å². The summed E-state index contributed by atoms with van der Waals surface area (Å²) in [6.45, 7) is 2.98. The summed E-state index contributed by atoms with van der Waals surface area (Å²) >= 11 is 0. The maximum Gasteiger partial charge on any atom is 0.325 e. The number of anilines is 4. The molecule has 2 aromatic carbocycles. The second kappa shape index (κ2) is 13.0. The highest BCUT2D eigenvalue weighted by Gasteiger charge is 2.20. The van der Waals surface area contributed by atoms with E-state index in [0.717, 1.165) is 35.8 Å². The summed E-state index contributed by atoms with van der Waals surface area (Å²) in [5, 5.41) is 9.34. The summed E-state index contributed by atoms with van der Waals surface area (Å²) in [6, 6.07) is 16.0. The summed E-state index contributed by atoms with van der Waals surface area (Å²) in [6.07, 6.45) is 0. The van der Waals surface area contributed by atoms with Crippen molar-refractivity contribution in [2.45, 2.75) is 0 Å². The van der Waals surface area contributed by atoms with Crippen LogP contribution in [0.4, 0.5) is 22.7 Å². The van der Waals surface area contributed by atoms with E-state index in [2.05, 4.69) is 15.9 Å². The Hall–Kier alpha value is -3.30. The number of Topliss-reactive ketones (excluding diaryl/α,β-unsaturated/α-hetero) is 1. The zero-order chi connectivity index (χ0) is 25.2. The molecule has 0 bridgehead atoms. The van der Waals surface area contributed by atoms with Crippen molar-refractivity contribution in [1.29, 1.82) is 0 Å². The number of para-hydroxylation sites is 4. The Labute approximate surface area is 207 Å². The Bertz CT molecular complexity index is 908. The number of carbonyl (C=O) groups excluding carboxylic acids is 2.